The minimum absolute atomic E-state index is 0.471. The molecule has 3 heteroatoms. The van der Waals surface area contributed by atoms with Gasteiger partial charge in [0.2, 0.25) is 0 Å². The van der Waals surface area contributed by atoms with E-state index in [0.29, 0.717) is 11.5 Å². The second-order valence-electron chi connectivity index (χ2n) is 4.58. The van der Waals surface area contributed by atoms with E-state index >= 15 is 0 Å². The SMILES string of the molecule is CNCC1(C(NC)c2sccc2C)CC1. The summed E-state index contributed by atoms with van der Waals surface area (Å²) < 4.78 is 0. The third kappa shape index (κ3) is 1.96. The maximum atomic E-state index is 3.50. The van der Waals surface area contributed by atoms with E-state index in [1.165, 1.54) is 23.3 Å². The Bertz CT molecular complexity index is 328. The highest BCUT2D eigenvalue weighted by Gasteiger charge is 2.49. The molecule has 84 valence electrons. The number of hydrogen-bond donors (Lipinski definition) is 2. The molecular formula is C12H20N2S. The zero-order valence-electron chi connectivity index (χ0n) is 9.76. The van der Waals surface area contributed by atoms with Gasteiger partial charge in [-0.1, -0.05) is 0 Å². The van der Waals surface area contributed by atoms with Gasteiger partial charge in [0.1, 0.15) is 0 Å². The molecule has 0 aromatic carbocycles. The van der Waals surface area contributed by atoms with E-state index in [1.54, 1.807) is 0 Å². The topological polar surface area (TPSA) is 24.1 Å². The molecule has 15 heavy (non-hydrogen) atoms. The summed E-state index contributed by atoms with van der Waals surface area (Å²) in [5.41, 5.74) is 1.90. The van der Waals surface area contributed by atoms with Crippen LogP contribution in [0.5, 0.6) is 0 Å². The molecule has 1 aliphatic carbocycles. The molecule has 2 N–H and O–H groups in total. The molecule has 2 rings (SSSR count). The Kier molecular flexibility index (Phi) is 3.14. The second kappa shape index (κ2) is 4.24. The number of thiophene rings is 1. The normalized spacial score (nSPS) is 20.2. The molecule has 0 amide bonds. The van der Waals surface area contributed by atoms with Gasteiger partial charge in [-0.15, -0.1) is 11.3 Å². The number of hydrogen-bond acceptors (Lipinski definition) is 3. The summed E-state index contributed by atoms with van der Waals surface area (Å²) in [6, 6.07) is 2.75. The fourth-order valence-corrected chi connectivity index (χ4v) is 3.65. The molecule has 1 heterocycles. The summed E-state index contributed by atoms with van der Waals surface area (Å²) in [5, 5.41) is 9.03. The Morgan fingerprint density at radius 3 is 2.60 bits per heavy atom. The molecule has 0 saturated heterocycles. The highest BCUT2D eigenvalue weighted by Crippen LogP contribution is 2.55. The molecular weight excluding hydrogens is 204 g/mol. The Hall–Kier alpha value is -0.380. The monoisotopic (exact) mass is 224 g/mol. The van der Waals surface area contributed by atoms with Crippen molar-refractivity contribution in [2.75, 3.05) is 20.6 Å². The highest BCUT2D eigenvalue weighted by atomic mass is 32.1. The highest BCUT2D eigenvalue weighted by molar-refractivity contribution is 7.10. The fraction of sp³-hybridized carbons (Fsp3) is 0.667. The van der Waals surface area contributed by atoms with E-state index < -0.39 is 0 Å². The van der Waals surface area contributed by atoms with Crippen molar-refractivity contribution in [3.05, 3.63) is 21.9 Å². The van der Waals surface area contributed by atoms with Crippen LogP contribution in [-0.4, -0.2) is 20.6 Å². The molecule has 1 aliphatic rings. The third-order valence-corrected chi connectivity index (χ3v) is 4.57. The van der Waals surface area contributed by atoms with Gasteiger partial charge >= 0.3 is 0 Å². The molecule has 1 unspecified atom stereocenters. The lowest BCUT2D eigenvalue weighted by atomic mass is 9.93. The van der Waals surface area contributed by atoms with E-state index in [2.05, 4.69) is 36.1 Å². The molecule has 1 aromatic heterocycles. The smallest absolute Gasteiger partial charge is 0.0484 e. The Labute approximate surface area is 96.1 Å². The standard InChI is InChI=1S/C12H20N2S/c1-9-4-7-15-10(9)11(14-3)12(5-6-12)8-13-2/h4,7,11,13-14H,5-6,8H2,1-3H3. The first-order valence-corrected chi connectivity index (χ1v) is 6.47. The van der Waals surface area contributed by atoms with Crippen molar-refractivity contribution in [3.8, 4) is 0 Å². The lowest BCUT2D eigenvalue weighted by Gasteiger charge is -2.26. The summed E-state index contributed by atoms with van der Waals surface area (Å²) in [7, 11) is 4.13. The van der Waals surface area contributed by atoms with Crippen LogP contribution in [0.3, 0.4) is 0 Å². The summed E-state index contributed by atoms with van der Waals surface area (Å²) in [6.45, 7) is 3.33. The van der Waals surface area contributed by atoms with Gasteiger partial charge in [0.25, 0.3) is 0 Å². The van der Waals surface area contributed by atoms with Crippen LogP contribution < -0.4 is 10.6 Å². The van der Waals surface area contributed by atoms with Crippen LogP contribution >= 0.6 is 11.3 Å². The molecule has 0 aliphatic heterocycles. The van der Waals surface area contributed by atoms with Gasteiger partial charge in [-0.25, -0.2) is 0 Å². The van der Waals surface area contributed by atoms with Gasteiger partial charge in [-0.3, -0.25) is 0 Å². The minimum atomic E-state index is 0.471. The molecule has 1 aromatic rings. The average Bonchev–Trinajstić information content (AvgIpc) is 2.87. The van der Waals surface area contributed by atoms with Crippen molar-refractivity contribution in [2.45, 2.75) is 25.8 Å². The van der Waals surface area contributed by atoms with Gasteiger partial charge in [0, 0.05) is 22.9 Å². The fourth-order valence-electron chi connectivity index (χ4n) is 2.48. The minimum Gasteiger partial charge on any atom is -0.319 e. The predicted octanol–water partition coefficient (Wildman–Crippen LogP) is 2.32. The van der Waals surface area contributed by atoms with Gasteiger partial charge in [-0.2, -0.15) is 0 Å². The number of aryl methyl sites for hydroxylation is 1. The van der Waals surface area contributed by atoms with Crippen LogP contribution in [0.25, 0.3) is 0 Å². The van der Waals surface area contributed by atoms with Crippen molar-refractivity contribution in [3.63, 3.8) is 0 Å². The molecule has 0 spiro atoms. The van der Waals surface area contributed by atoms with Gasteiger partial charge in [-0.05, 0) is 50.9 Å². The van der Waals surface area contributed by atoms with Crippen LogP contribution in [0.2, 0.25) is 0 Å². The zero-order valence-corrected chi connectivity index (χ0v) is 10.6. The predicted molar refractivity (Wildman–Crippen MR) is 66.5 cm³/mol. The van der Waals surface area contributed by atoms with Crippen LogP contribution in [-0.2, 0) is 0 Å². The lowest BCUT2D eigenvalue weighted by molar-refractivity contribution is 0.350. The van der Waals surface area contributed by atoms with Gasteiger partial charge < -0.3 is 10.6 Å². The Morgan fingerprint density at radius 1 is 1.47 bits per heavy atom. The maximum absolute atomic E-state index is 3.50. The van der Waals surface area contributed by atoms with Crippen LogP contribution in [0.1, 0.15) is 29.3 Å². The second-order valence-corrected chi connectivity index (χ2v) is 5.53. The Morgan fingerprint density at radius 2 is 2.20 bits per heavy atom. The molecule has 2 nitrogen and oxygen atoms in total. The zero-order chi connectivity index (χ0) is 10.9. The van der Waals surface area contributed by atoms with Gasteiger partial charge in [0.15, 0.2) is 0 Å². The third-order valence-electron chi connectivity index (χ3n) is 3.49. The van der Waals surface area contributed by atoms with E-state index in [-0.39, 0.29) is 0 Å². The quantitative estimate of drug-likeness (QED) is 0.802. The van der Waals surface area contributed by atoms with Crippen molar-refractivity contribution < 1.29 is 0 Å². The van der Waals surface area contributed by atoms with Crippen molar-refractivity contribution >= 4 is 11.3 Å². The summed E-state index contributed by atoms with van der Waals surface area (Å²) in [5.74, 6) is 0. The van der Waals surface area contributed by atoms with Crippen molar-refractivity contribution in [1.82, 2.24) is 10.6 Å². The first kappa shape index (κ1) is 11.1. The largest absolute Gasteiger partial charge is 0.319 e. The number of rotatable bonds is 5. The molecule has 0 radical (unpaired) electrons. The van der Waals surface area contributed by atoms with E-state index in [0.717, 1.165) is 6.54 Å². The molecule has 0 bridgehead atoms. The summed E-state index contributed by atoms with van der Waals surface area (Å²) in [6.07, 6.45) is 2.69. The summed E-state index contributed by atoms with van der Waals surface area (Å²) >= 11 is 1.88. The van der Waals surface area contributed by atoms with Crippen molar-refractivity contribution in [1.29, 1.82) is 0 Å². The van der Waals surface area contributed by atoms with Crippen molar-refractivity contribution in [2.24, 2.45) is 5.41 Å². The van der Waals surface area contributed by atoms with E-state index in [4.69, 9.17) is 0 Å². The lowest BCUT2D eigenvalue weighted by Crippen LogP contribution is -2.33. The average molecular weight is 224 g/mol. The van der Waals surface area contributed by atoms with E-state index in [1.807, 2.05) is 18.4 Å². The van der Waals surface area contributed by atoms with E-state index in [9.17, 15) is 0 Å². The van der Waals surface area contributed by atoms with Crippen LogP contribution in [0.4, 0.5) is 0 Å². The molecule has 1 atom stereocenters. The number of nitrogens with one attached hydrogen (secondary N) is 2. The Balaban J connectivity index is 2.21. The molecule has 1 saturated carbocycles. The molecule has 1 fully saturated rings. The van der Waals surface area contributed by atoms with Gasteiger partial charge in [0.05, 0.1) is 0 Å². The summed E-state index contributed by atoms with van der Waals surface area (Å²) in [4.78, 5) is 1.52. The maximum Gasteiger partial charge on any atom is 0.0484 e. The first-order chi connectivity index (χ1) is 7.23. The van der Waals surface area contributed by atoms with Crippen LogP contribution in [0.15, 0.2) is 11.4 Å². The first-order valence-electron chi connectivity index (χ1n) is 5.59. The van der Waals surface area contributed by atoms with Crippen LogP contribution in [0, 0.1) is 12.3 Å².